The van der Waals surface area contributed by atoms with Gasteiger partial charge >= 0.3 is 0 Å². The summed E-state index contributed by atoms with van der Waals surface area (Å²) in [6.07, 6.45) is 2.89. The molecule has 4 nitrogen and oxygen atoms in total. The molecular formula is C19H20FN3O. The summed E-state index contributed by atoms with van der Waals surface area (Å²) in [5.74, 6) is -0.387. The summed E-state index contributed by atoms with van der Waals surface area (Å²) in [5.41, 5.74) is 2.52. The smallest absolute Gasteiger partial charge is 0.129 e. The number of hydrogen-bond acceptors (Lipinski definition) is 3. The predicted octanol–water partition coefficient (Wildman–Crippen LogP) is 2.89. The molecule has 0 aliphatic rings. The van der Waals surface area contributed by atoms with Gasteiger partial charge in [0.15, 0.2) is 0 Å². The topological polar surface area (TPSA) is 50.1 Å². The van der Waals surface area contributed by atoms with Gasteiger partial charge in [0.25, 0.3) is 0 Å². The van der Waals surface area contributed by atoms with E-state index in [1.54, 1.807) is 24.4 Å². The third-order valence-electron chi connectivity index (χ3n) is 3.81. The zero-order valence-corrected chi connectivity index (χ0v) is 13.3. The van der Waals surface area contributed by atoms with Crippen molar-refractivity contribution in [2.45, 2.75) is 19.2 Å². The van der Waals surface area contributed by atoms with Crippen LogP contribution < -0.4 is 5.32 Å². The minimum atomic E-state index is -0.870. The van der Waals surface area contributed by atoms with Gasteiger partial charge in [0.1, 0.15) is 5.82 Å². The van der Waals surface area contributed by atoms with Crippen molar-refractivity contribution in [3.05, 3.63) is 89.5 Å². The van der Waals surface area contributed by atoms with E-state index >= 15 is 0 Å². The van der Waals surface area contributed by atoms with E-state index in [1.807, 2.05) is 29.1 Å². The van der Waals surface area contributed by atoms with Crippen molar-refractivity contribution in [3.63, 3.8) is 0 Å². The van der Waals surface area contributed by atoms with Crippen molar-refractivity contribution in [1.82, 2.24) is 15.1 Å². The molecule has 0 spiro atoms. The van der Waals surface area contributed by atoms with Crippen LogP contribution in [-0.2, 0) is 13.1 Å². The lowest BCUT2D eigenvalue weighted by Gasteiger charge is -2.12. The summed E-state index contributed by atoms with van der Waals surface area (Å²) in [6.45, 7) is 1.57. The maximum absolute atomic E-state index is 13.6. The van der Waals surface area contributed by atoms with Crippen molar-refractivity contribution >= 4 is 0 Å². The van der Waals surface area contributed by atoms with Crippen LogP contribution in [0.4, 0.5) is 4.39 Å². The Kier molecular flexibility index (Phi) is 5.36. The first kappa shape index (κ1) is 16.4. The molecule has 0 aliphatic heterocycles. The first-order valence-electron chi connectivity index (χ1n) is 7.91. The van der Waals surface area contributed by atoms with E-state index in [2.05, 4.69) is 22.5 Å². The van der Waals surface area contributed by atoms with Gasteiger partial charge in [0.05, 0.1) is 18.8 Å². The number of halogens is 1. The van der Waals surface area contributed by atoms with Crippen molar-refractivity contribution < 1.29 is 9.50 Å². The zero-order valence-electron chi connectivity index (χ0n) is 13.3. The number of aromatic nitrogens is 2. The molecule has 0 fully saturated rings. The van der Waals surface area contributed by atoms with Gasteiger partial charge in [-0.05, 0) is 11.6 Å². The molecule has 0 radical (unpaired) electrons. The van der Waals surface area contributed by atoms with Gasteiger partial charge in [-0.1, -0.05) is 48.5 Å². The fourth-order valence-corrected chi connectivity index (χ4v) is 2.56. The van der Waals surface area contributed by atoms with Crippen LogP contribution >= 0.6 is 0 Å². The zero-order chi connectivity index (χ0) is 16.8. The SMILES string of the molecule is OC(CNCc1cnn(Cc2ccccc2)c1)c1ccccc1F. The summed E-state index contributed by atoms with van der Waals surface area (Å²) in [5, 5.41) is 17.5. The third-order valence-corrected chi connectivity index (χ3v) is 3.81. The van der Waals surface area contributed by atoms with Crippen LogP contribution in [0, 0.1) is 5.82 Å². The van der Waals surface area contributed by atoms with Crippen molar-refractivity contribution in [2.75, 3.05) is 6.54 Å². The summed E-state index contributed by atoms with van der Waals surface area (Å²) in [7, 11) is 0. The standard InChI is InChI=1S/C19H20FN3O/c20-18-9-5-4-8-17(18)19(24)12-21-10-16-11-22-23(14-16)13-15-6-2-1-3-7-15/h1-9,11,14,19,21,24H,10,12-13H2. The first-order valence-corrected chi connectivity index (χ1v) is 7.91. The van der Waals surface area contributed by atoms with Gasteiger partial charge in [-0.25, -0.2) is 4.39 Å². The molecule has 2 aromatic carbocycles. The molecule has 1 aromatic heterocycles. The van der Waals surface area contributed by atoms with E-state index in [9.17, 15) is 9.50 Å². The molecule has 1 unspecified atom stereocenters. The summed E-state index contributed by atoms with van der Waals surface area (Å²) in [4.78, 5) is 0. The Morgan fingerprint density at radius 3 is 2.58 bits per heavy atom. The molecule has 0 saturated carbocycles. The van der Waals surface area contributed by atoms with E-state index < -0.39 is 6.10 Å². The van der Waals surface area contributed by atoms with Crippen LogP contribution in [-0.4, -0.2) is 21.4 Å². The van der Waals surface area contributed by atoms with Crippen LogP contribution in [0.2, 0.25) is 0 Å². The highest BCUT2D eigenvalue weighted by molar-refractivity contribution is 5.20. The first-order chi connectivity index (χ1) is 11.7. The van der Waals surface area contributed by atoms with Crippen LogP contribution in [0.25, 0.3) is 0 Å². The Bertz CT molecular complexity index is 773. The molecule has 3 rings (SSSR count). The maximum Gasteiger partial charge on any atom is 0.129 e. The fraction of sp³-hybridized carbons (Fsp3) is 0.211. The van der Waals surface area contributed by atoms with Crippen molar-refractivity contribution in [3.8, 4) is 0 Å². The van der Waals surface area contributed by atoms with Crippen LogP contribution in [0.15, 0.2) is 67.0 Å². The number of hydrogen-bond donors (Lipinski definition) is 2. The lowest BCUT2D eigenvalue weighted by atomic mass is 10.1. The molecule has 2 N–H and O–H groups in total. The summed E-state index contributed by atoms with van der Waals surface area (Å²) in [6, 6.07) is 16.4. The molecule has 1 heterocycles. The normalized spacial score (nSPS) is 12.2. The van der Waals surface area contributed by atoms with E-state index in [0.29, 0.717) is 12.1 Å². The number of rotatable bonds is 7. The number of aliphatic hydroxyl groups is 1. The second kappa shape index (κ2) is 7.86. The molecule has 124 valence electrons. The van der Waals surface area contributed by atoms with Gasteiger partial charge in [-0.3, -0.25) is 4.68 Å². The second-order valence-electron chi connectivity index (χ2n) is 5.70. The van der Waals surface area contributed by atoms with Crippen LogP contribution in [0.3, 0.4) is 0 Å². The molecule has 0 bridgehead atoms. The molecule has 24 heavy (non-hydrogen) atoms. The molecule has 3 aromatic rings. The Balaban J connectivity index is 1.50. The molecule has 0 aliphatic carbocycles. The molecule has 1 atom stereocenters. The number of nitrogens with zero attached hydrogens (tertiary/aromatic N) is 2. The van der Waals surface area contributed by atoms with Gasteiger partial charge in [0, 0.05) is 30.4 Å². The van der Waals surface area contributed by atoms with E-state index in [1.165, 1.54) is 11.6 Å². The van der Waals surface area contributed by atoms with Crippen LogP contribution in [0.5, 0.6) is 0 Å². The van der Waals surface area contributed by atoms with Gasteiger partial charge < -0.3 is 10.4 Å². The number of nitrogens with one attached hydrogen (secondary N) is 1. The minimum Gasteiger partial charge on any atom is -0.387 e. The predicted molar refractivity (Wildman–Crippen MR) is 90.8 cm³/mol. The summed E-state index contributed by atoms with van der Waals surface area (Å²) < 4.78 is 15.5. The molecule has 0 amide bonds. The largest absolute Gasteiger partial charge is 0.387 e. The van der Waals surface area contributed by atoms with Gasteiger partial charge in [-0.15, -0.1) is 0 Å². The van der Waals surface area contributed by atoms with E-state index in [4.69, 9.17) is 0 Å². The lowest BCUT2D eigenvalue weighted by molar-refractivity contribution is 0.169. The monoisotopic (exact) mass is 325 g/mol. The third kappa shape index (κ3) is 4.28. The number of aliphatic hydroxyl groups excluding tert-OH is 1. The number of benzene rings is 2. The molecular weight excluding hydrogens is 305 g/mol. The summed E-state index contributed by atoms with van der Waals surface area (Å²) >= 11 is 0. The highest BCUT2D eigenvalue weighted by Crippen LogP contribution is 2.15. The maximum atomic E-state index is 13.6. The fourth-order valence-electron chi connectivity index (χ4n) is 2.56. The Labute approximate surface area is 140 Å². The quantitative estimate of drug-likeness (QED) is 0.702. The highest BCUT2D eigenvalue weighted by Gasteiger charge is 2.11. The minimum absolute atomic E-state index is 0.283. The highest BCUT2D eigenvalue weighted by atomic mass is 19.1. The van der Waals surface area contributed by atoms with Crippen molar-refractivity contribution in [2.24, 2.45) is 0 Å². The lowest BCUT2D eigenvalue weighted by Crippen LogP contribution is -2.21. The Morgan fingerprint density at radius 1 is 1.04 bits per heavy atom. The average molecular weight is 325 g/mol. The van der Waals surface area contributed by atoms with E-state index in [0.717, 1.165) is 12.1 Å². The second-order valence-corrected chi connectivity index (χ2v) is 5.70. The average Bonchev–Trinajstić information content (AvgIpc) is 3.03. The Hall–Kier alpha value is -2.50. The van der Waals surface area contributed by atoms with Crippen LogP contribution in [0.1, 0.15) is 22.8 Å². The van der Waals surface area contributed by atoms with Gasteiger partial charge in [-0.2, -0.15) is 5.10 Å². The molecule has 0 saturated heterocycles. The van der Waals surface area contributed by atoms with Crippen molar-refractivity contribution in [1.29, 1.82) is 0 Å². The molecule has 5 heteroatoms. The Morgan fingerprint density at radius 2 is 1.79 bits per heavy atom. The van der Waals surface area contributed by atoms with E-state index in [-0.39, 0.29) is 12.4 Å². The van der Waals surface area contributed by atoms with Gasteiger partial charge in [0.2, 0.25) is 0 Å².